The number of amides is 1. The summed E-state index contributed by atoms with van der Waals surface area (Å²) < 4.78 is 16.7. The summed E-state index contributed by atoms with van der Waals surface area (Å²) in [7, 11) is 0. The van der Waals surface area contributed by atoms with Crippen LogP contribution in [0.4, 0.5) is 16.2 Å². The molecule has 0 atom stereocenters. The van der Waals surface area contributed by atoms with Crippen molar-refractivity contribution in [2.75, 3.05) is 23.8 Å². The fourth-order valence-electron chi connectivity index (χ4n) is 3.52. The molecule has 1 amide bonds. The van der Waals surface area contributed by atoms with Crippen molar-refractivity contribution in [2.45, 2.75) is 46.1 Å². The summed E-state index contributed by atoms with van der Waals surface area (Å²) in [6.45, 7) is 8.88. The monoisotopic (exact) mass is 436 g/mol. The van der Waals surface area contributed by atoms with Crippen LogP contribution in [-0.4, -0.2) is 35.0 Å². The summed E-state index contributed by atoms with van der Waals surface area (Å²) in [5.74, 6) is 1.44. The minimum atomic E-state index is -0.613. The average molecular weight is 437 g/mol. The maximum absolute atomic E-state index is 12.4. The molecule has 3 aromatic rings. The Balaban J connectivity index is 1.63. The summed E-state index contributed by atoms with van der Waals surface area (Å²) in [6.07, 6.45) is 1.20. The van der Waals surface area contributed by atoms with E-state index in [1.54, 1.807) is 12.1 Å². The molecule has 2 aromatic carbocycles. The standard InChI is InChI=1S/C24H28N4O4/c1-5-13-30-20-10-9-15(14-19(20)26-23(29)31-24(2,3)4)22-27-21(28-32-22)17-7-6-8-18-16(17)11-12-25-18/h6-10,14,25H,5,11-13H2,1-4H3,(H,26,29). The Morgan fingerprint density at radius 2 is 2.09 bits per heavy atom. The SMILES string of the molecule is CCCOc1ccc(-c2nc(-c3cccc4c3CCN4)no2)cc1NC(=O)OC(C)(C)C. The molecule has 4 rings (SSSR count). The zero-order chi connectivity index (χ0) is 22.7. The predicted molar refractivity (Wildman–Crippen MR) is 123 cm³/mol. The quantitative estimate of drug-likeness (QED) is 0.526. The number of benzene rings is 2. The molecule has 1 aliphatic heterocycles. The van der Waals surface area contributed by atoms with Crippen LogP contribution >= 0.6 is 0 Å². The lowest BCUT2D eigenvalue weighted by Crippen LogP contribution is -2.27. The fourth-order valence-corrected chi connectivity index (χ4v) is 3.52. The average Bonchev–Trinajstić information content (AvgIpc) is 3.41. The normalized spacial score (nSPS) is 12.8. The van der Waals surface area contributed by atoms with Crippen molar-refractivity contribution in [3.05, 3.63) is 42.0 Å². The van der Waals surface area contributed by atoms with Crippen LogP contribution in [0.3, 0.4) is 0 Å². The van der Waals surface area contributed by atoms with Gasteiger partial charge in [-0.25, -0.2) is 4.79 Å². The van der Waals surface area contributed by atoms with E-state index in [4.69, 9.17) is 14.0 Å². The maximum Gasteiger partial charge on any atom is 0.412 e. The summed E-state index contributed by atoms with van der Waals surface area (Å²) in [6, 6.07) is 11.4. The Morgan fingerprint density at radius 1 is 1.25 bits per heavy atom. The van der Waals surface area contributed by atoms with Crippen molar-refractivity contribution >= 4 is 17.5 Å². The van der Waals surface area contributed by atoms with E-state index in [0.717, 1.165) is 30.6 Å². The largest absolute Gasteiger partial charge is 0.491 e. The molecule has 32 heavy (non-hydrogen) atoms. The van der Waals surface area contributed by atoms with Crippen LogP contribution < -0.4 is 15.4 Å². The van der Waals surface area contributed by atoms with E-state index in [2.05, 4.69) is 26.8 Å². The smallest absolute Gasteiger partial charge is 0.412 e. The highest BCUT2D eigenvalue weighted by molar-refractivity contribution is 5.88. The Kier molecular flexibility index (Phi) is 6.03. The third-order valence-corrected chi connectivity index (χ3v) is 4.86. The number of hydrogen-bond acceptors (Lipinski definition) is 7. The molecule has 8 heteroatoms. The molecule has 0 bridgehead atoms. The number of hydrogen-bond donors (Lipinski definition) is 2. The minimum Gasteiger partial charge on any atom is -0.491 e. The van der Waals surface area contributed by atoms with Crippen LogP contribution in [0, 0.1) is 0 Å². The number of aromatic nitrogens is 2. The van der Waals surface area contributed by atoms with Gasteiger partial charge in [-0.2, -0.15) is 4.98 Å². The van der Waals surface area contributed by atoms with Gasteiger partial charge in [0.1, 0.15) is 11.4 Å². The number of fused-ring (bicyclic) bond motifs is 1. The molecular weight excluding hydrogens is 408 g/mol. The molecule has 0 saturated heterocycles. The van der Waals surface area contributed by atoms with Crippen LogP contribution in [0.5, 0.6) is 5.75 Å². The summed E-state index contributed by atoms with van der Waals surface area (Å²) >= 11 is 0. The Hall–Kier alpha value is -3.55. The van der Waals surface area contributed by atoms with Crippen molar-refractivity contribution in [3.8, 4) is 28.6 Å². The first-order valence-corrected chi connectivity index (χ1v) is 10.8. The van der Waals surface area contributed by atoms with Gasteiger partial charge >= 0.3 is 6.09 Å². The molecule has 0 radical (unpaired) electrons. The first kappa shape index (κ1) is 21.7. The lowest BCUT2D eigenvalue weighted by molar-refractivity contribution is 0.0635. The first-order chi connectivity index (χ1) is 15.3. The number of carbonyl (C=O) groups excluding carboxylic acids is 1. The zero-order valence-corrected chi connectivity index (χ0v) is 18.8. The van der Waals surface area contributed by atoms with E-state index < -0.39 is 11.7 Å². The molecular formula is C24H28N4O4. The summed E-state index contributed by atoms with van der Waals surface area (Å²) in [5.41, 5.74) is 3.79. The molecule has 0 fully saturated rings. The van der Waals surface area contributed by atoms with Gasteiger partial charge in [0.05, 0.1) is 12.3 Å². The molecule has 1 aromatic heterocycles. The second kappa shape index (κ2) is 8.90. The van der Waals surface area contributed by atoms with Gasteiger partial charge in [0.2, 0.25) is 5.82 Å². The second-order valence-corrected chi connectivity index (χ2v) is 8.62. The van der Waals surface area contributed by atoms with Crippen LogP contribution in [0.2, 0.25) is 0 Å². The van der Waals surface area contributed by atoms with Crippen LogP contribution in [0.25, 0.3) is 22.8 Å². The number of ether oxygens (including phenoxy) is 2. The van der Waals surface area contributed by atoms with E-state index in [1.165, 1.54) is 5.56 Å². The summed E-state index contributed by atoms with van der Waals surface area (Å²) in [4.78, 5) is 17.0. The number of anilines is 2. The number of carbonyl (C=O) groups is 1. The predicted octanol–water partition coefficient (Wildman–Crippen LogP) is 5.51. The molecule has 1 aliphatic rings. The third-order valence-electron chi connectivity index (χ3n) is 4.86. The molecule has 2 N–H and O–H groups in total. The minimum absolute atomic E-state index is 0.359. The summed E-state index contributed by atoms with van der Waals surface area (Å²) in [5, 5.41) is 10.3. The molecule has 0 spiro atoms. The van der Waals surface area contributed by atoms with Gasteiger partial charge in [-0.05, 0) is 63.4 Å². The van der Waals surface area contributed by atoms with Crippen molar-refractivity contribution < 1.29 is 18.8 Å². The van der Waals surface area contributed by atoms with Gasteiger partial charge in [0.15, 0.2) is 0 Å². The fraction of sp³-hybridized carbons (Fsp3) is 0.375. The van der Waals surface area contributed by atoms with Gasteiger partial charge in [-0.1, -0.05) is 24.2 Å². The lowest BCUT2D eigenvalue weighted by Gasteiger charge is -2.20. The maximum atomic E-state index is 12.4. The van der Waals surface area contributed by atoms with E-state index in [1.807, 2.05) is 45.9 Å². The van der Waals surface area contributed by atoms with Crippen molar-refractivity contribution in [2.24, 2.45) is 0 Å². The highest BCUT2D eigenvalue weighted by atomic mass is 16.6. The van der Waals surface area contributed by atoms with Crippen LogP contribution in [0.1, 0.15) is 39.7 Å². The van der Waals surface area contributed by atoms with Gasteiger partial charge in [-0.15, -0.1) is 0 Å². The van der Waals surface area contributed by atoms with E-state index in [-0.39, 0.29) is 0 Å². The Labute approximate surface area is 187 Å². The zero-order valence-electron chi connectivity index (χ0n) is 18.8. The molecule has 0 unspecified atom stereocenters. The van der Waals surface area contributed by atoms with Crippen molar-refractivity contribution in [1.82, 2.24) is 10.1 Å². The third kappa shape index (κ3) is 4.85. The van der Waals surface area contributed by atoms with E-state index in [0.29, 0.717) is 35.3 Å². The highest BCUT2D eigenvalue weighted by Gasteiger charge is 2.21. The molecule has 168 valence electrons. The number of nitrogens with one attached hydrogen (secondary N) is 2. The van der Waals surface area contributed by atoms with Gasteiger partial charge < -0.3 is 19.3 Å². The topological polar surface area (TPSA) is 98.5 Å². The second-order valence-electron chi connectivity index (χ2n) is 8.62. The highest BCUT2D eigenvalue weighted by Crippen LogP contribution is 2.34. The van der Waals surface area contributed by atoms with Gasteiger partial charge in [0.25, 0.3) is 5.89 Å². The number of nitrogens with zero attached hydrogens (tertiary/aromatic N) is 2. The Bertz CT molecular complexity index is 1120. The van der Waals surface area contributed by atoms with Crippen LogP contribution in [-0.2, 0) is 11.2 Å². The lowest BCUT2D eigenvalue weighted by atomic mass is 10.0. The Morgan fingerprint density at radius 3 is 2.88 bits per heavy atom. The van der Waals surface area contributed by atoms with E-state index >= 15 is 0 Å². The van der Waals surface area contributed by atoms with Crippen molar-refractivity contribution in [3.63, 3.8) is 0 Å². The van der Waals surface area contributed by atoms with Crippen molar-refractivity contribution in [1.29, 1.82) is 0 Å². The molecule has 8 nitrogen and oxygen atoms in total. The molecule has 2 heterocycles. The van der Waals surface area contributed by atoms with Gasteiger partial charge in [-0.3, -0.25) is 5.32 Å². The van der Waals surface area contributed by atoms with E-state index in [9.17, 15) is 4.79 Å². The van der Waals surface area contributed by atoms with Crippen LogP contribution in [0.15, 0.2) is 40.9 Å². The first-order valence-electron chi connectivity index (χ1n) is 10.8. The number of rotatable bonds is 6. The molecule has 0 saturated carbocycles. The molecule has 0 aliphatic carbocycles. The van der Waals surface area contributed by atoms with Gasteiger partial charge in [0, 0.05) is 23.4 Å².